The molecule has 0 atom stereocenters. The predicted octanol–water partition coefficient (Wildman–Crippen LogP) is 3.81. The first-order valence-corrected chi connectivity index (χ1v) is 11.3. The first-order valence-electron chi connectivity index (χ1n) is 10.1. The van der Waals surface area contributed by atoms with Crippen molar-refractivity contribution in [3.05, 3.63) is 69.6 Å². The Hall–Kier alpha value is -2.81. The van der Waals surface area contributed by atoms with Gasteiger partial charge in [-0.1, -0.05) is 35.9 Å². The van der Waals surface area contributed by atoms with Crippen LogP contribution in [0, 0.1) is 0 Å². The van der Waals surface area contributed by atoms with Gasteiger partial charge in [0.2, 0.25) is 0 Å². The van der Waals surface area contributed by atoms with Crippen molar-refractivity contribution in [3.63, 3.8) is 0 Å². The second-order valence-electron chi connectivity index (χ2n) is 7.25. The molecule has 2 aromatic rings. The van der Waals surface area contributed by atoms with Crippen LogP contribution < -0.4 is 4.74 Å². The van der Waals surface area contributed by atoms with Gasteiger partial charge in [-0.25, -0.2) is 0 Å². The fourth-order valence-electron chi connectivity index (χ4n) is 3.27. The Morgan fingerprint density at radius 1 is 1.06 bits per heavy atom. The van der Waals surface area contributed by atoms with E-state index in [2.05, 4.69) is 0 Å². The van der Waals surface area contributed by atoms with Gasteiger partial charge >= 0.3 is 0 Å². The molecular weight excluding hydrogens is 452 g/mol. The number of hydrogen-bond donors (Lipinski definition) is 0. The molecule has 0 radical (unpaired) electrons. The quantitative estimate of drug-likeness (QED) is 0.595. The van der Waals surface area contributed by atoms with Crippen molar-refractivity contribution in [1.29, 1.82) is 0 Å². The van der Waals surface area contributed by atoms with Crippen LogP contribution in [0.2, 0.25) is 5.02 Å². The van der Waals surface area contributed by atoms with Crippen molar-refractivity contribution in [2.75, 3.05) is 32.9 Å². The van der Waals surface area contributed by atoms with Crippen molar-refractivity contribution >= 4 is 46.5 Å². The lowest BCUT2D eigenvalue weighted by Gasteiger charge is -2.26. The molecule has 2 aliphatic rings. The molecule has 0 aliphatic carbocycles. The Balaban J connectivity index is 1.35. The van der Waals surface area contributed by atoms with E-state index in [1.807, 2.05) is 0 Å². The van der Waals surface area contributed by atoms with Gasteiger partial charge in [-0.3, -0.25) is 19.3 Å². The fraction of sp³-hybridized carbons (Fsp3) is 0.261. The van der Waals surface area contributed by atoms with Gasteiger partial charge in [-0.05, 0) is 53.2 Å². The maximum absolute atomic E-state index is 12.7. The molecule has 2 aliphatic heterocycles. The van der Waals surface area contributed by atoms with Crippen LogP contribution in [-0.4, -0.2) is 59.8 Å². The molecule has 2 fully saturated rings. The average molecular weight is 473 g/mol. The van der Waals surface area contributed by atoms with Gasteiger partial charge in [0, 0.05) is 18.1 Å². The lowest BCUT2D eigenvalue weighted by Crippen LogP contribution is -2.42. The largest absolute Gasteiger partial charge is 0.484 e. The summed E-state index contributed by atoms with van der Waals surface area (Å²) >= 11 is 6.80. The predicted molar refractivity (Wildman–Crippen MR) is 122 cm³/mol. The molecule has 3 amide bonds. The van der Waals surface area contributed by atoms with Crippen LogP contribution in [0.4, 0.5) is 4.79 Å². The normalized spacial score (nSPS) is 17.8. The summed E-state index contributed by atoms with van der Waals surface area (Å²) in [5.74, 6) is 0.151. The summed E-state index contributed by atoms with van der Waals surface area (Å²) in [5.41, 5.74) is 1.58. The van der Waals surface area contributed by atoms with Crippen LogP contribution in [0.3, 0.4) is 0 Å². The van der Waals surface area contributed by atoms with Crippen LogP contribution in [0.1, 0.15) is 11.1 Å². The Morgan fingerprint density at radius 2 is 1.75 bits per heavy atom. The summed E-state index contributed by atoms with van der Waals surface area (Å²) in [6, 6.07) is 14.1. The first kappa shape index (κ1) is 22.4. The standard InChI is InChI=1S/C23H21ClN2O5S/c24-18-5-1-17(2-6-18)14-26-22(28)20(32-23(26)29)13-16-3-7-19(8-4-16)31-15-21(27)25-9-11-30-12-10-25/h1-8,13H,9-12,14-15H2/b20-13-. The maximum atomic E-state index is 12.7. The molecule has 0 unspecified atom stereocenters. The zero-order chi connectivity index (χ0) is 22.5. The highest BCUT2D eigenvalue weighted by molar-refractivity contribution is 8.18. The molecule has 0 N–H and O–H groups in total. The SMILES string of the molecule is O=C(COc1ccc(/C=C2\SC(=O)N(Cc3ccc(Cl)cc3)C2=O)cc1)N1CCOCC1. The highest BCUT2D eigenvalue weighted by Crippen LogP contribution is 2.33. The number of carbonyl (C=O) groups is 3. The summed E-state index contributed by atoms with van der Waals surface area (Å²) in [6.07, 6.45) is 1.68. The second-order valence-corrected chi connectivity index (χ2v) is 8.67. The Morgan fingerprint density at radius 3 is 2.44 bits per heavy atom. The summed E-state index contributed by atoms with van der Waals surface area (Å²) in [6.45, 7) is 2.41. The van der Waals surface area contributed by atoms with Crippen molar-refractivity contribution in [1.82, 2.24) is 9.80 Å². The third-order valence-corrected chi connectivity index (χ3v) is 6.19. The number of hydrogen-bond acceptors (Lipinski definition) is 6. The minimum Gasteiger partial charge on any atom is -0.484 e. The van der Waals surface area contributed by atoms with Gasteiger partial charge in [0.1, 0.15) is 5.75 Å². The van der Waals surface area contributed by atoms with Crippen molar-refractivity contribution in [2.24, 2.45) is 0 Å². The number of benzene rings is 2. The smallest absolute Gasteiger partial charge is 0.293 e. The zero-order valence-corrected chi connectivity index (χ0v) is 18.7. The fourth-order valence-corrected chi connectivity index (χ4v) is 4.23. The molecule has 2 saturated heterocycles. The van der Waals surface area contributed by atoms with Crippen LogP contribution in [0.5, 0.6) is 5.75 Å². The van der Waals surface area contributed by atoms with Gasteiger partial charge in [-0.2, -0.15) is 0 Å². The number of carbonyl (C=O) groups excluding carboxylic acids is 3. The van der Waals surface area contributed by atoms with E-state index in [0.717, 1.165) is 22.9 Å². The molecule has 9 heteroatoms. The van der Waals surface area contributed by atoms with E-state index in [-0.39, 0.29) is 30.2 Å². The molecular formula is C23H21ClN2O5S. The summed E-state index contributed by atoms with van der Waals surface area (Å²) in [4.78, 5) is 40.5. The number of thioether (sulfide) groups is 1. The topological polar surface area (TPSA) is 76.2 Å². The van der Waals surface area contributed by atoms with E-state index in [9.17, 15) is 14.4 Å². The molecule has 2 heterocycles. The van der Waals surface area contributed by atoms with Crippen LogP contribution in [0.15, 0.2) is 53.4 Å². The van der Waals surface area contributed by atoms with E-state index < -0.39 is 0 Å². The Labute approximate surface area is 194 Å². The van der Waals surface area contributed by atoms with Crippen LogP contribution in [0.25, 0.3) is 6.08 Å². The summed E-state index contributed by atoms with van der Waals surface area (Å²) in [7, 11) is 0. The molecule has 0 spiro atoms. The van der Waals surface area contributed by atoms with Crippen molar-refractivity contribution in [2.45, 2.75) is 6.54 Å². The molecule has 166 valence electrons. The molecule has 4 rings (SSSR count). The number of nitrogens with zero attached hydrogens (tertiary/aromatic N) is 2. The third-order valence-electron chi connectivity index (χ3n) is 5.03. The Kier molecular flexibility index (Phi) is 7.14. The third kappa shape index (κ3) is 5.51. The lowest BCUT2D eigenvalue weighted by molar-refractivity contribution is -0.137. The zero-order valence-electron chi connectivity index (χ0n) is 17.2. The highest BCUT2D eigenvalue weighted by atomic mass is 35.5. The monoisotopic (exact) mass is 472 g/mol. The molecule has 0 bridgehead atoms. The van der Waals surface area contributed by atoms with E-state index in [1.54, 1.807) is 59.5 Å². The van der Waals surface area contributed by atoms with Crippen LogP contribution in [-0.2, 0) is 20.9 Å². The molecule has 7 nitrogen and oxygen atoms in total. The van der Waals surface area contributed by atoms with Gasteiger partial charge in [0.05, 0.1) is 24.7 Å². The molecule has 32 heavy (non-hydrogen) atoms. The number of imide groups is 1. The van der Waals surface area contributed by atoms with Gasteiger partial charge in [0.15, 0.2) is 6.61 Å². The number of halogens is 1. The number of ether oxygens (including phenoxy) is 2. The molecule has 2 aromatic carbocycles. The average Bonchev–Trinajstić information content (AvgIpc) is 3.07. The van der Waals surface area contributed by atoms with Crippen molar-refractivity contribution in [3.8, 4) is 5.75 Å². The number of rotatable bonds is 6. The minimum atomic E-state index is -0.327. The maximum Gasteiger partial charge on any atom is 0.293 e. The summed E-state index contributed by atoms with van der Waals surface area (Å²) < 4.78 is 10.8. The lowest BCUT2D eigenvalue weighted by atomic mass is 10.2. The Bertz CT molecular complexity index is 1030. The van der Waals surface area contributed by atoms with Crippen LogP contribution >= 0.6 is 23.4 Å². The second kappa shape index (κ2) is 10.2. The first-order chi connectivity index (χ1) is 15.5. The molecule has 0 saturated carbocycles. The highest BCUT2D eigenvalue weighted by Gasteiger charge is 2.34. The van der Waals surface area contributed by atoms with Crippen molar-refractivity contribution < 1.29 is 23.9 Å². The van der Waals surface area contributed by atoms with E-state index in [1.165, 1.54) is 4.90 Å². The number of morpholine rings is 1. The number of amides is 3. The van der Waals surface area contributed by atoms with Gasteiger partial charge in [-0.15, -0.1) is 0 Å². The minimum absolute atomic E-state index is 0.0388. The van der Waals surface area contributed by atoms with E-state index >= 15 is 0 Å². The van der Waals surface area contributed by atoms with E-state index in [0.29, 0.717) is 42.0 Å². The van der Waals surface area contributed by atoms with Gasteiger partial charge < -0.3 is 14.4 Å². The summed E-state index contributed by atoms with van der Waals surface area (Å²) in [5, 5.41) is 0.290. The van der Waals surface area contributed by atoms with Gasteiger partial charge in [0.25, 0.3) is 17.1 Å². The molecule has 0 aromatic heterocycles. The van der Waals surface area contributed by atoms with E-state index in [4.69, 9.17) is 21.1 Å².